The van der Waals surface area contributed by atoms with E-state index in [2.05, 4.69) is 15.0 Å². The molecule has 0 radical (unpaired) electrons. The van der Waals surface area contributed by atoms with Crippen LogP contribution in [0.2, 0.25) is 0 Å². The summed E-state index contributed by atoms with van der Waals surface area (Å²) < 4.78 is 48.8. The van der Waals surface area contributed by atoms with Crippen molar-refractivity contribution in [3.8, 4) is 11.5 Å². The van der Waals surface area contributed by atoms with Gasteiger partial charge >= 0.3 is 7.75 Å². The van der Waals surface area contributed by atoms with Crippen molar-refractivity contribution in [1.82, 2.24) is 24.2 Å². The van der Waals surface area contributed by atoms with E-state index in [4.69, 9.17) is 29.0 Å². The number of para-hydroxylation sites is 2. The van der Waals surface area contributed by atoms with Crippen LogP contribution >= 0.6 is 7.75 Å². The Morgan fingerprint density at radius 1 is 1.05 bits per heavy atom. The van der Waals surface area contributed by atoms with Crippen molar-refractivity contribution in [2.75, 3.05) is 19.1 Å². The predicted molar refractivity (Wildman–Crippen MR) is 153 cm³/mol. The number of anilines is 1. The molecule has 4 aromatic rings. The number of hydrogen-bond acceptors (Lipinski definition) is 10. The highest BCUT2D eigenvalue weighted by molar-refractivity contribution is 7.52. The van der Waals surface area contributed by atoms with Gasteiger partial charge in [-0.3, -0.25) is 0 Å². The molecule has 1 fully saturated rings. The number of nitrogen functional groups attached to an aromatic ring is 1. The normalized spacial score (nSPS) is 18.9. The summed E-state index contributed by atoms with van der Waals surface area (Å²) >= 11 is 0. The molecule has 2 N–H and O–H groups in total. The van der Waals surface area contributed by atoms with Crippen molar-refractivity contribution >= 4 is 24.7 Å². The van der Waals surface area contributed by atoms with Gasteiger partial charge < -0.3 is 33.6 Å². The fourth-order valence-electron chi connectivity index (χ4n) is 4.41. The lowest BCUT2D eigenvalue weighted by Gasteiger charge is -2.36. The minimum absolute atomic E-state index is 0.0578. The van der Waals surface area contributed by atoms with Crippen molar-refractivity contribution in [2.24, 2.45) is 0 Å². The first kappa shape index (κ1) is 29.0. The Morgan fingerprint density at radius 3 is 2.32 bits per heavy atom. The molecule has 1 aliphatic rings. The third kappa shape index (κ3) is 6.86. The average molecular weight is 583 g/mol. The predicted octanol–water partition coefficient (Wildman–Crippen LogP) is 4.88. The fourth-order valence-corrected chi connectivity index (χ4v) is 6.19. The minimum atomic E-state index is -4.09. The van der Waals surface area contributed by atoms with Crippen LogP contribution in [-0.2, 0) is 25.3 Å². The molecule has 3 heterocycles. The zero-order valence-corrected chi connectivity index (χ0v) is 24.2. The summed E-state index contributed by atoms with van der Waals surface area (Å²) in [6, 6.07) is 17.2. The molecule has 13 heteroatoms. The van der Waals surface area contributed by atoms with E-state index in [9.17, 15) is 4.57 Å². The maximum Gasteiger partial charge on any atom is 0.517 e. The Balaban J connectivity index is 1.41. The summed E-state index contributed by atoms with van der Waals surface area (Å²) in [7, 11) is -4.09. The number of imidazole rings is 1. The Kier molecular flexibility index (Phi) is 9.16. The lowest BCUT2D eigenvalue weighted by molar-refractivity contribution is -0.114. The van der Waals surface area contributed by atoms with Gasteiger partial charge in [-0.05, 0) is 44.5 Å². The number of hydrogen-bond donors (Lipinski definition) is 1. The highest BCUT2D eigenvalue weighted by Gasteiger charge is 2.46. The van der Waals surface area contributed by atoms with E-state index >= 15 is 0 Å². The summed E-state index contributed by atoms with van der Waals surface area (Å²) in [5.41, 5.74) is 7.06. The lowest BCUT2D eigenvalue weighted by Crippen LogP contribution is -2.44. The zero-order valence-electron chi connectivity index (χ0n) is 23.3. The molecule has 218 valence electrons. The van der Waals surface area contributed by atoms with Gasteiger partial charge in [-0.15, -0.1) is 0 Å². The van der Waals surface area contributed by atoms with E-state index in [-0.39, 0.29) is 18.9 Å². The van der Waals surface area contributed by atoms with Gasteiger partial charge in [0.1, 0.15) is 30.1 Å². The second kappa shape index (κ2) is 13.0. The first-order valence-corrected chi connectivity index (χ1v) is 15.0. The SMILES string of the molecule is CC[C@@H]1COC([C@H](C)N(CO[C@H](C)Cn2cnc3c(N)ncnc32)P(=O)(Oc2ccccc2)Oc2ccccc2)O1. The third-order valence-electron chi connectivity index (χ3n) is 6.71. The molecule has 12 nitrogen and oxygen atoms in total. The first-order chi connectivity index (χ1) is 19.9. The van der Waals surface area contributed by atoms with E-state index < -0.39 is 20.1 Å². The topological polar surface area (TPSA) is 136 Å². The molecule has 1 unspecified atom stereocenters. The first-order valence-electron chi connectivity index (χ1n) is 13.5. The second-order valence-electron chi connectivity index (χ2n) is 9.76. The highest BCUT2D eigenvalue weighted by Crippen LogP contribution is 2.53. The fraction of sp³-hybridized carbons (Fsp3) is 0.393. The van der Waals surface area contributed by atoms with Crippen molar-refractivity contribution in [1.29, 1.82) is 0 Å². The molecule has 41 heavy (non-hydrogen) atoms. The highest BCUT2D eigenvalue weighted by atomic mass is 31.2. The molecule has 5 rings (SSSR count). The van der Waals surface area contributed by atoms with E-state index in [0.717, 1.165) is 6.42 Å². The summed E-state index contributed by atoms with van der Waals surface area (Å²) in [6.45, 7) is 6.53. The molecule has 0 bridgehead atoms. The van der Waals surface area contributed by atoms with Crippen molar-refractivity contribution in [3.05, 3.63) is 73.3 Å². The quantitative estimate of drug-likeness (QED) is 0.171. The Bertz CT molecular complexity index is 1410. The molecule has 2 aromatic carbocycles. The number of rotatable bonds is 13. The Labute approximate surface area is 239 Å². The van der Waals surface area contributed by atoms with Crippen LogP contribution in [0.3, 0.4) is 0 Å². The maximum atomic E-state index is 14.8. The summed E-state index contributed by atoms with van der Waals surface area (Å²) in [5, 5.41) is 0. The number of benzene rings is 2. The van der Waals surface area contributed by atoms with Crippen LogP contribution in [0.15, 0.2) is 73.3 Å². The van der Waals surface area contributed by atoms with Gasteiger partial charge in [-0.1, -0.05) is 43.3 Å². The van der Waals surface area contributed by atoms with Crippen molar-refractivity contribution < 1.29 is 27.8 Å². The van der Waals surface area contributed by atoms with Crippen LogP contribution in [0, 0.1) is 0 Å². The van der Waals surface area contributed by atoms with E-state index in [1.54, 1.807) is 59.5 Å². The molecule has 4 atom stereocenters. The van der Waals surface area contributed by atoms with Crippen LogP contribution in [-0.4, -0.2) is 62.1 Å². The molecule has 1 saturated heterocycles. The Hall–Kier alpha value is -3.54. The van der Waals surface area contributed by atoms with Crippen molar-refractivity contribution in [3.63, 3.8) is 0 Å². The van der Waals surface area contributed by atoms with Crippen LogP contribution in [0.25, 0.3) is 11.2 Å². The van der Waals surface area contributed by atoms with Gasteiger partial charge in [0, 0.05) is 0 Å². The van der Waals surface area contributed by atoms with Gasteiger partial charge in [-0.25, -0.2) is 19.5 Å². The molecule has 0 aliphatic carbocycles. The molecule has 0 saturated carbocycles. The second-order valence-corrected chi connectivity index (χ2v) is 11.6. The van der Waals surface area contributed by atoms with E-state index in [1.165, 1.54) is 6.33 Å². The molecular weight excluding hydrogens is 547 g/mol. The number of fused-ring (bicyclic) bond motifs is 1. The minimum Gasteiger partial charge on any atom is -0.404 e. The van der Waals surface area contributed by atoms with Crippen LogP contribution in [0.5, 0.6) is 11.5 Å². The van der Waals surface area contributed by atoms with Crippen molar-refractivity contribution in [2.45, 2.75) is 58.3 Å². The largest absolute Gasteiger partial charge is 0.517 e. The molecule has 0 spiro atoms. The summed E-state index contributed by atoms with van der Waals surface area (Å²) in [4.78, 5) is 12.6. The average Bonchev–Trinajstić information content (AvgIpc) is 3.62. The number of aromatic nitrogens is 4. The van der Waals surface area contributed by atoms with Gasteiger partial charge in [0.15, 0.2) is 17.8 Å². The van der Waals surface area contributed by atoms with E-state index in [0.29, 0.717) is 41.6 Å². The Morgan fingerprint density at radius 2 is 1.71 bits per heavy atom. The van der Waals surface area contributed by atoms with Gasteiger partial charge in [0.2, 0.25) is 0 Å². The van der Waals surface area contributed by atoms with Crippen LogP contribution < -0.4 is 14.8 Å². The molecule has 2 aromatic heterocycles. The monoisotopic (exact) mass is 582 g/mol. The lowest BCUT2D eigenvalue weighted by atomic mass is 10.3. The molecule has 1 aliphatic heterocycles. The van der Waals surface area contributed by atoms with Gasteiger partial charge in [0.05, 0.1) is 37.7 Å². The van der Waals surface area contributed by atoms with E-state index in [1.807, 2.05) is 37.5 Å². The maximum absolute atomic E-state index is 14.8. The van der Waals surface area contributed by atoms with Gasteiger partial charge in [0.25, 0.3) is 0 Å². The standard InChI is InChI=1S/C28H35N6O6P/c1-4-22-16-36-28(38-22)21(3)34(19-37-20(2)15-33-18-32-25-26(29)30-17-31-27(25)33)41(35,39-23-11-7-5-8-12-23)40-24-13-9-6-10-14-24/h5-14,17-18,20-22,28H,4,15-16,19H2,1-3H3,(H2,29,30,31)/t20-,21+,22-,28?/m1/s1. The third-order valence-corrected chi connectivity index (χ3v) is 8.70. The molecule has 0 amide bonds. The smallest absolute Gasteiger partial charge is 0.404 e. The van der Waals surface area contributed by atoms with Crippen LogP contribution in [0.4, 0.5) is 5.82 Å². The zero-order chi connectivity index (χ0) is 28.8. The number of nitrogens with zero attached hydrogens (tertiary/aromatic N) is 5. The number of nitrogens with two attached hydrogens (primary N) is 1. The molecular formula is C28H35N6O6P. The van der Waals surface area contributed by atoms with Crippen LogP contribution in [0.1, 0.15) is 27.2 Å². The van der Waals surface area contributed by atoms with Gasteiger partial charge in [-0.2, -0.15) is 4.67 Å². The number of ether oxygens (including phenoxy) is 3. The summed E-state index contributed by atoms with van der Waals surface area (Å²) in [5.74, 6) is 1.08. The summed E-state index contributed by atoms with van der Waals surface area (Å²) in [6.07, 6.45) is 2.76.